The predicted molar refractivity (Wildman–Crippen MR) is 89.9 cm³/mol. The molecule has 2 N–H and O–H groups in total. The van der Waals surface area contributed by atoms with Crippen LogP contribution in [0.3, 0.4) is 0 Å². The quantitative estimate of drug-likeness (QED) is 0.741. The predicted octanol–water partition coefficient (Wildman–Crippen LogP) is 2.69. The average molecular weight is 397 g/mol. The van der Waals surface area contributed by atoms with E-state index in [1.807, 2.05) is 0 Å². The van der Waals surface area contributed by atoms with Gasteiger partial charge in [0.1, 0.15) is 0 Å². The maximum absolute atomic E-state index is 12.6. The lowest BCUT2D eigenvalue weighted by atomic mass is 10.2. The van der Waals surface area contributed by atoms with E-state index in [1.54, 1.807) is 0 Å². The summed E-state index contributed by atoms with van der Waals surface area (Å²) >= 11 is 6.11. The molecule has 0 fully saturated rings. The molecule has 2 rings (SSSR count). The lowest BCUT2D eigenvalue weighted by Gasteiger charge is -2.23. The second-order valence-electron chi connectivity index (χ2n) is 5.78. The third-order valence-electron chi connectivity index (χ3n) is 3.51. The monoisotopic (exact) mass is 396 g/mol. The van der Waals surface area contributed by atoms with Gasteiger partial charge >= 0.3 is 6.18 Å². The first kappa shape index (κ1) is 20.6. The molecule has 1 aromatic rings. The number of hydrogen-bond donors (Lipinski definition) is 2. The number of ether oxygens (including phenoxy) is 2. The summed E-state index contributed by atoms with van der Waals surface area (Å²) in [6.45, 7) is -1.11. The molecule has 0 atom stereocenters. The van der Waals surface area contributed by atoms with Crippen molar-refractivity contribution in [3.05, 3.63) is 17.2 Å². The van der Waals surface area contributed by atoms with Gasteiger partial charge in [-0.2, -0.15) is 13.2 Å². The van der Waals surface area contributed by atoms with Crippen LogP contribution in [0.15, 0.2) is 12.1 Å². The van der Waals surface area contributed by atoms with Crippen LogP contribution in [-0.4, -0.2) is 61.5 Å². The molecule has 0 bridgehead atoms. The third kappa shape index (κ3) is 6.54. The van der Waals surface area contributed by atoms with Crippen molar-refractivity contribution in [2.45, 2.75) is 19.0 Å². The van der Waals surface area contributed by atoms with Crippen LogP contribution in [0.25, 0.3) is 0 Å². The Morgan fingerprint density at radius 2 is 1.92 bits per heavy atom. The highest BCUT2D eigenvalue weighted by atomic mass is 35.5. The molecule has 1 heterocycles. The van der Waals surface area contributed by atoms with Gasteiger partial charge in [-0.05, 0) is 6.42 Å². The molecular weight excluding hydrogens is 377 g/mol. The van der Waals surface area contributed by atoms with Crippen LogP contribution in [0.4, 0.5) is 18.9 Å². The van der Waals surface area contributed by atoms with Crippen LogP contribution >= 0.6 is 11.6 Å². The molecular formula is C16H20ClF3N2O4. The zero-order valence-electron chi connectivity index (χ0n) is 13.9. The fraction of sp³-hybridized carbons (Fsp3) is 0.562. The third-order valence-corrected chi connectivity index (χ3v) is 3.83. The number of fused-ring (bicyclic) bond motifs is 1. The molecule has 1 aliphatic rings. The summed E-state index contributed by atoms with van der Waals surface area (Å²) in [5, 5.41) is 11.5. The number of benzene rings is 1. The Kier molecular flexibility index (Phi) is 7.36. The highest BCUT2D eigenvalue weighted by Crippen LogP contribution is 2.37. The van der Waals surface area contributed by atoms with Crippen LogP contribution in [0.1, 0.15) is 12.8 Å². The number of aliphatic hydroxyl groups is 1. The zero-order chi connectivity index (χ0) is 19.2. The summed E-state index contributed by atoms with van der Waals surface area (Å²) in [5.74, 6) is 0.213. The number of halogens is 4. The molecule has 6 nitrogen and oxygen atoms in total. The fourth-order valence-electron chi connectivity index (χ4n) is 2.43. The zero-order valence-corrected chi connectivity index (χ0v) is 14.7. The molecule has 1 amide bonds. The van der Waals surface area contributed by atoms with Gasteiger partial charge in [0.05, 0.1) is 37.0 Å². The van der Waals surface area contributed by atoms with E-state index < -0.39 is 25.2 Å². The molecule has 0 saturated carbocycles. The number of anilines is 1. The largest absolute Gasteiger partial charge is 0.490 e. The van der Waals surface area contributed by atoms with E-state index >= 15 is 0 Å². The highest BCUT2D eigenvalue weighted by molar-refractivity contribution is 6.34. The molecule has 10 heteroatoms. The lowest BCUT2D eigenvalue weighted by Crippen LogP contribution is -2.40. The Bertz CT molecular complexity index is 628. The van der Waals surface area contributed by atoms with Crippen molar-refractivity contribution in [1.82, 2.24) is 4.90 Å². The van der Waals surface area contributed by atoms with E-state index in [0.717, 1.165) is 4.90 Å². The first-order valence-corrected chi connectivity index (χ1v) is 8.45. The van der Waals surface area contributed by atoms with E-state index in [2.05, 4.69) is 5.32 Å². The van der Waals surface area contributed by atoms with Crippen LogP contribution in [0.2, 0.25) is 5.02 Å². The normalized spacial score (nSPS) is 14.2. The Balaban J connectivity index is 2.04. The van der Waals surface area contributed by atoms with Crippen molar-refractivity contribution in [2.24, 2.45) is 0 Å². The van der Waals surface area contributed by atoms with Crippen molar-refractivity contribution < 1.29 is 32.5 Å². The maximum Gasteiger partial charge on any atom is 0.401 e. The van der Waals surface area contributed by atoms with Crippen LogP contribution in [0, 0.1) is 0 Å². The number of alkyl halides is 3. The summed E-state index contributed by atoms with van der Waals surface area (Å²) in [4.78, 5) is 13.1. The van der Waals surface area contributed by atoms with Gasteiger partial charge in [0.15, 0.2) is 11.5 Å². The molecule has 1 aromatic carbocycles. The van der Waals surface area contributed by atoms with E-state index in [4.69, 9.17) is 26.2 Å². The lowest BCUT2D eigenvalue weighted by molar-refractivity contribution is -0.148. The number of carbonyl (C=O) groups is 1. The summed E-state index contributed by atoms with van der Waals surface area (Å²) in [7, 11) is 0. The number of hydrogen-bond acceptors (Lipinski definition) is 5. The highest BCUT2D eigenvalue weighted by Gasteiger charge is 2.31. The number of nitrogens with one attached hydrogen (secondary N) is 1. The maximum atomic E-state index is 12.6. The first-order valence-electron chi connectivity index (χ1n) is 8.07. The topological polar surface area (TPSA) is 71.0 Å². The number of nitrogens with zero attached hydrogens (tertiary/aromatic N) is 1. The van der Waals surface area contributed by atoms with E-state index in [9.17, 15) is 18.0 Å². The Morgan fingerprint density at radius 1 is 1.27 bits per heavy atom. The molecule has 146 valence electrons. The van der Waals surface area contributed by atoms with Crippen LogP contribution in [0.5, 0.6) is 11.5 Å². The SMILES string of the molecule is O=C(CN(CCCO)CC(F)(F)F)Nc1cc2c(cc1Cl)OCCCO2. The van der Waals surface area contributed by atoms with E-state index in [0.29, 0.717) is 31.1 Å². The molecule has 0 aromatic heterocycles. The fourth-order valence-corrected chi connectivity index (χ4v) is 2.64. The molecule has 26 heavy (non-hydrogen) atoms. The van der Waals surface area contributed by atoms with Gasteiger partial charge in [-0.25, -0.2) is 0 Å². The molecule has 0 radical (unpaired) electrons. The van der Waals surface area contributed by atoms with Crippen molar-refractivity contribution in [1.29, 1.82) is 0 Å². The van der Waals surface area contributed by atoms with Gasteiger partial charge in [-0.15, -0.1) is 0 Å². The van der Waals surface area contributed by atoms with Gasteiger partial charge in [-0.1, -0.05) is 11.6 Å². The van der Waals surface area contributed by atoms with Crippen molar-refractivity contribution in [3.63, 3.8) is 0 Å². The number of rotatable bonds is 7. The van der Waals surface area contributed by atoms with Crippen molar-refractivity contribution >= 4 is 23.2 Å². The average Bonchev–Trinajstić information content (AvgIpc) is 2.76. The second kappa shape index (κ2) is 9.29. The Morgan fingerprint density at radius 3 is 2.54 bits per heavy atom. The number of amides is 1. The molecule has 1 aliphatic heterocycles. The minimum Gasteiger partial charge on any atom is -0.490 e. The van der Waals surface area contributed by atoms with Crippen molar-refractivity contribution in [2.75, 3.05) is 44.8 Å². The minimum absolute atomic E-state index is 0.0572. The number of aliphatic hydroxyl groups excluding tert-OH is 1. The summed E-state index contributed by atoms with van der Waals surface area (Å²) in [5.41, 5.74) is 0.232. The van der Waals surface area contributed by atoms with Gasteiger partial charge < -0.3 is 19.9 Å². The summed E-state index contributed by atoms with van der Waals surface area (Å²) in [6, 6.07) is 2.99. The van der Waals surface area contributed by atoms with Gasteiger partial charge in [0.2, 0.25) is 5.91 Å². The van der Waals surface area contributed by atoms with Gasteiger partial charge in [0.25, 0.3) is 0 Å². The second-order valence-corrected chi connectivity index (χ2v) is 6.19. The van der Waals surface area contributed by atoms with E-state index in [-0.39, 0.29) is 30.3 Å². The van der Waals surface area contributed by atoms with Gasteiger partial charge in [0, 0.05) is 31.7 Å². The summed E-state index contributed by atoms with van der Waals surface area (Å²) < 4.78 is 48.8. The molecule has 0 aliphatic carbocycles. The van der Waals surface area contributed by atoms with Crippen molar-refractivity contribution in [3.8, 4) is 11.5 Å². The molecule has 0 saturated heterocycles. The Labute approximate surface area is 153 Å². The number of carbonyl (C=O) groups excluding carboxylic acids is 1. The minimum atomic E-state index is -4.44. The first-order chi connectivity index (χ1) is 12.3. The Hall–Kier alpha value is -1.71. The van der Waals surface area contributed by atoms with Gasteiger partial charge in [-0.3, -0.25) is 9.69 Å². The van der Waals surface area contributed by atoms with E-state index in [1.165, 1.54) is 12.1 Å². The van der Waals surface area contributed by atoms with Crippen LogP contribution < -0.4 is 14.8 Å². The summed E-state index contributed by atoms with van der Waals surface area (Å²) in [6.07, 6.45) is -3.61. The standard InChI is InChI=1S/C16H20ClF3N2O4/c17-11-7-13-14(26-6-2-5-25-13)8-12(11)21-15(24)9-22(3-1-4-23)10-16(18,19)20/h7-8,23H,1-6,9-10H2,(H,21,24). The smallest absolute Gasteiger partial charge is 0.401 e. The van der Waals surface area contributed by atoms with Crippen LogP contribution in [-0.2, 0) is 4.79 Å². The molecule has 0 unspecified atom stereocenters. The molecule has 0 spiro atoms.